The Kier molecular flexibility index (Phi) is 36.8. The number of pyridine rings is 3. The molecule has 32 nitrogen and oxygen atoms in total. The zero-order valence-corrected chi connectivity index (χ0v) is 66.5. The van der Waals surface area contributed by atoms with E-state index in [0.717, 1.165) is 10.8 Å². The van der Waals surface area contributed by atoms with Gasteiger partial charge in [0, 0.05) is 81.7 Å². The van der Waals surface area contributed by atoms with Crippen molar-refractivity contribution in [3.8, 4) is 0 Å². The highest BCUT2D eigenvalue weighted by Gasteiger charge is 2.41. The lowest BCUT2D eigenvalue weighted by atomic mass is 9.99. The summed E-state index contributed by atoms with van der Waals surface area (Å²) in [4.78, 5) is 197. The third kappa shape index (κ3) is 30.1. The second-order valence-electron chi connectivity index (χ2n) is 29.3. The van der Waals surface area contributed by atoms with Crippen molar-refractivity contribution < 1.29 is 72.5 Å². The molecule has 6 aromatic rings. The zero-order valence-electron chi connectivity index (χ0n) is 65.7. The maximum Gasteiger partial charge on any atom is 0.325 e. The van der Waals surface area contributed by atoms with Crippen LogP contribution in [-0.4, -0.2) is 206 Å². The van der Waals surface area contributed by atoms with Gasteiger partial charge < -0.3 is 84.6 Å². The number of likely N-dealkylation sites (tertiary alicyclic amines) is 1. The number of carboxylic acids is 1. The number of anilines is 1. The van der Waals surface area contributed by atoms with Gasteiger partial charge in [0.2, 0.25) is 59.1 Å². The highest BCUT2D eigenvalue weighted by Crippen LogP contribution is 2.23. The van der Waals surface area contributed by atoms with E-state index in [-0.39, 0.29) is 126 Å². The van der Waals surface area contributed by atoms with Gasteiger partial charge in [-0.15, -0.1) is 0 Å². The third-order valence-corrected chi connectivity index (χ3v) is 19.4. The van der Waals surface area contributed by atoms with E-state index in [2.05, 4.69) is 78.8 Å². The van der Waals surface area contributed by atoms with Crippen LogP contribution in [0.5, 0.6) is 0 Å². The van der Waals surface area contributed by atoms with Crippen molar-refractivity contribution in [2.45, 2.75) is 204 Å². The lowest BCUT2D eigenvalue weighted by Crippen LogP contribution is -2.61. The van der Waals surface area contributed by atoms with Crippen LogP contribution in [0.25, 0.3) is 10.8 Å². The molecule has 16 N–H and O–H groups in total. The molecule has 0 spiro atoms. The smallest absolute Gasteiger partial charge is 0.325 e. The summed E-state index contributed by atoms with van der Waals surface area (Å²) in [6.45, 7) is 9.86. The van der Waals surface area contributed by atoms with Gasteiger partial charge in [0.15, 0.2) is 5.69 Å². The number of carbonyl (C=O) groups is 13. The number of aliphatic hydroxyl groups is 1. The molecule has 618 valence electrons. The number of rotatable bonds is 46. The highest BCUT2D eigenvalue weighted by atomic mass is 35.5. The molecule has 1 saturated heterocycles. The van der Waals surface area contributed by atoms with E-state index in [1.165, 1.54) is 55.7 Å². The number of aliphatic hydroxyl groups excluding tert-OH is 1. The molecule has 1 aliphatic heterocycles. The number of nitrogen functional groups attached to an aromatic ring is 1. The highest BCUT2D eigenvalue weighted by molar-refractivity contribution is 6.30. The van der Waals surface area contributed by atoms with Crippen molar-refractivity contribution in [3.05, 3.63) is 167 Å². The fourth-order valence-corrected chi connectivity index (χ4v) is 13.2. The van der Waals surface area contributed by atoms with Gasteiger partial charge >= 0.3 is 5.97 Å². The summed E-state index contributed by atoms with van der Waals surface area (Å²) in [5, 5.41) is 56.0. The minimum Gasteiger partial charge on any atom is -0.480 e. The van der Waals surface area contributed by atoms with E-state index >= 15 is 9.59 Å². The van der Waals surface area contributed by atoms with Crippen LogP contribution in [0.2, 0.25) is 5.02 Å². The number of aliphatic carboxylic acids is 1. The number of nitrogens with two attached hydrogens (primary N) is 1. The molecule has 10 atom stereocenters. The zero-order chi connectivity index (χ0) is 83.5. The fourth-order valence-electron chi connectivity index (χ4n) is 13.1. The number of hydrogen-bond donors (Lipinski definition) is 15. The second kappa shape index (κ2) is 46.6. The van der Waals surface area contributed by atoms with Crippen LogP contribution in [0.3, 0.4) is 0 Å². The molecule has 12 amide bonds. The average molecular weight is 1610 g/mol. The summed E-state index contributed by atoms with van der Waals surface area (Å²) >= 11 is 6.27. The number of carbonyl (C=O) groups excluding carboxylic acids is 12. The number of fused-ring (bicyclic) bond motifs is 1. The predicted octanol–water partition coefficient (Wildman–Crippen LogP) is 3.17. The van der Waals surface area contributed by atoms with Crippen LogP contribution in [0, 0.1) is 5.92 Å². The lowest BCUT2D eigenvalue weighted by Gasteiger charge is -2.31. The molecule has 0 aliphatic carbocycles. The van der Waals surface area contributed by atoms with Gasteiger partial charge in [0.25, 0.3) is 11.8 Å². The van der Waals surface area contributed by atoms with Gasteiger partial charge in [-0.1, -0.05) is 106 Å². The van der Waals surface area contributed by atoms with Crippen molar-refractivity contribution in [1.29, 1.82) is 0 Å². The molecule has 0 unspecified atom stereocenters. The molecule has 3 aromatic heterocycles. The monoisotopic (exact) mass is 1610 g/mol. The molecule has 0 bridgehead atoms. The number of aromatic nitrogens is 3. The summed E-state index contributed by atoms with van der Waals surface area (Å²) < 4.78 is 0. The number of amides is 12. The Morgan fingerprint density at radius 3 is 1.61 bits per heavy atom. The Balaban J connectivity index is 1.16. The fraction of sp³-hybridized carbons (Fsp3) is 0.463. The molecule has 0 radical (unpaired) electrons. The van der Waals surface area contributed by atoms with Crippen molar-refractivity contribution in [2.24, 2.45) is 5.92 Å². The van der Waals surface area contributed by atoms with Crippen molar-refractivity contribution in [3.63, 3.8) is 0 Å². The van der Waals surface area contributed by atoms with Gasteiger partial charge in [0.1, 0.15) is 66.1 Å². The molecular formula is C82H108ClN17O15. The quantitative estimate of drug-likeness (QED) is 0.0244. The minimum absolute atomic E-state index is 0.00674. The Bertz CT molecular complexity index is 4280. The van der Waals surface area contributed by atoms with Crippen molar-refractivity contribution >= 4 is 105 Å². The number of hydrogen-bond acceptors (Lipinski definition) is 19. The van der Waals surface area contributed by atoms with Gasteiger partial charge in [0.05, 0.1) is 12.3 Å². The van der Waals surface area contributed by atoms with Crippen LogP contribution in [-0.2, 0) is 72.0 Å². The van der Waals surface area contributed by atoms with Crippen LogP contribution >= 0.6 is 11.6 Å². The normalized spacial score (nSPS) is 14.9. The first-order valence-electron chi connectivity index (χ1n) is 38.9. The summed E-state index contributed by atoms with van der Waals surface area (Å²) in [7, 11) is 0. The summed E-state index contributed by atoms with van der Waals surface area (Å²) in [6, 6.07) is 16.9. The molecule has 0 saturated carbocycles. The maximum absolute atomic E-state index is 15.2. The number of carboxylic acid groups (broad SMARTS) is 1. The van der Waals surface area contributed by atoms with Crippen LogP contribution in [0.1, 0.15) is 156 Å². The Morgan fingerprint density at radius 1 is 0.513 bits per heavy atom. The summed E-state index contributed by atoms with van der Waals surface area (Å²) in [6.07, 6.45) is 7.52. The molecule has 115 heavy (non-hydrogen) atoms. The molecule has 1 fully saturated rings. The number of benzene rings is 3. The molecule has 1 aliphatic rings. The molecule has 7 rings (SSSR count). The molecular weight excluding hydrogens is 1500 g/mol. The van der Waals surface area contributed by atoms with Crippen molar-refractivity contribution in [1.82, 2.24) is 83.7 Å². The average Bonchev–Trinajstić information content (AvgIpc) is 1.80. The number of unbranched alkanes of at least 4 members (excludes halogenated alkanes) is 3. The molecule has 4 heterocycles. The van der Waals surface area contributed by atoms with Crippen LogP contribution < -0.4 is 69.5 Å². The van der Waals surface area contributed by atoms with Gasteiger partial charge in [-0.3, -0.25) is 72.3 Å². The molecule has 33 heteroatoms. The van der Waals surface area contributed by atoms with Crippen LogP contribution in [0.15, 0.2) is 134 Å². The van der Waals surface area contributed by atoms with E-state index in [9.17, 15) is 63.0 Å². The number of nitrogens with one attached hydrogen (secondary N) is 12. The van der Waals surface area contributed by atoms with E-state index in [1.807, 2.05) is 56.3 Å². The number of halogens is 1. The van der Waals surface area contributed by atoms with E-state index in [0.29, 0.717) is 47.5 Å². The number of nitrogens with zero attached hydrogens (tertiary/aromatic N) is 4. The summed E-state index contributed by atoms with van der Waals surface area (Å²) in [5.41, 5.74) is 7.95. The Labute approximate surface area is 673 Å². The maximum atomic E-state index is 15.2. The first-order valence-corrected chi connectivity index (χ1v) is 39.3. The second-order valence-corrected chi connectivity index (χ2v) is 29.7. The van der Waals surface area contributed by atoms with E-state index in [4.69, 9.17) is 17.3 Å². The Hall–Kier alpha value is -11.5. The SMILES string of the molecule is CC(=O)N[C@@H](Cc1ccc2ccccc2c1)C(=O)N[C@@H](Cc1ccc(Cl)cc1)C(=O)N[C@@H](Cc1cccnc1)C(=O)N[C@@H](CO)C(=O)N[C@@H](CCCCNC(=O)c1ccccn1)C(=O)N[C@@H](CCCCNC(=O)c1ncccc1N)C(=O)N[C@@H](CC(C)C)C(=O)N[C@@H](CCCCNC(C)C)C(=O)N1CCC[C@@H]1C(=O)N[C@@H](C)C(=O)O. The van der Waals surface area contributed by atoms with Crippen molar-refractivity contribution in [2.75, 3.05) is 38.5 Å². The van der Waals surface area contributed by atoms with Gasteiger partial charge in [-0.05, 0) is 166 Å². The largest absolute Gasteiger partial charge is 0.480 e. The van der Waals surface area contributed by atoms with Crippen LogP contribution in [0.4, 0.5) is 5.69 Å². The van der Waals surface area contributed by atoms with E-state index < -0.39 is 144 Å². The van der Waals surface area contributed by atoms with E-state index in [1.54, 1.807) is 68.4 Å². The summed E-state index contributed by atoms with van der Waals surface area (Å²) in [5.74, 6) is -10.7. The predicted molar refractivity (Wildman–Crippen MR) is 431 cm³/mol. The van der Waals surface area contributed by atoms with Gasteiger partial charge in [-0.25, -0.2) is 4.98 Å². The first kappa shape index (κ1) is 90.7. The lowest BCUT2D eigenvalue weighted by molar-refractivity contribution is -0.144. The Morgan fingerprint density at radius 2 is 1.03 bits per heavy atom. The standard InChI is InChI=1S/C82H108ClN17O15/c1-49(2)42-64(74(106)95-63(27-12-13-36-86-50(3)4)81(113)100-41-19-28-69(100)79(111)91-51(5)82(114)115)96-73(105)62(26-11-16-39-90-80(112)70-59(84)23-18-40-88-70)93-72(104)61(25-10-15-38-89-71(103)60-24-9-14-37-87-60)94-78(110)68(48-101)99-77(109)67(46-55-20-17-35-85-47-55)98-76(108)66(44-53-30-33-58(83)34-31-53)97-75(107)65(92-52(6)102)45-54-29-32-56-21-7-8-22-57(56)43-54/h7-9,14,17-18,20-24,29-35,37,40,43,47,49-51,61-69,86,101H,10-13,15-16,19,25-28,36,38-39,41-42,44-46,48,84H2,1-6H3,(H,89,103)(H,90,112)(H,91,111)(H,92,102)(H,93,104)(H,94,110)(H,95,106)(H,96,105)(H,97,107)(H,98,108)(H,99,109)(H,114,115)/t51-,61-,62-,63-,64-,65-,66-,67-,68-,69+/m0/s1. The molecule has 3 aromatic carbocycles. The van der Waals surface area contributed by atoms with Gasteiger partial charge in [-0.2, -0.15) is 0 Å². The first-order chi connectivity index (χ1) is 55.1. The minimum atomic E-state index is -1.85. The third-order valence-electron chi connectivity index (χ3n) is 19.2. The topological polar surface area (TPSA) is 475 Å².